The Morgan fingerprint density at radius 1 is 0.966 bits per heavy atom. The van der Waals surface area contributed by atoms with Gasteiger partial charge in [0.2, 0.25) is 18.3 Å². The van der Waals surface area contributed by atoms with Crippen molar-refractivity contribution in [1.82, 2.24) is 0 Å². The van der Waals surface area contributed by atoms with Crippen LogP contribution in [0.1, 0.15) is 22.0 Å². The van der Waals surface area contributed by atoms with Crippen molar-refractivity contribution in [3.63, 3.8) is 0 Å². The fourth-order valence-corrected chi connectivity index (χ4v) is 4.09. The molecule has 2 aromatic rings. The van der Waals surface area contributed by atoms with Crippen LogP contribution in [-0.2, 0) is 4.74 Å². The second-order valence-corrected chi connectivity index (χ2v) is 7.07. The Balaban J connectivity index is 1.69. The molecule has 0 saturated carbocycles. The second-order valence-electron chi connectivity index (χ2n) is 6.28. The lowest BCUT2D eigenvalue weighted by molar-refractivity contribution is 0.0948. The van der Waals surface area contributed by atoms with Gasteiger partial charge in [-0.3, -0.25) is 4.79 Å². The number of hydrogen-bond donors (Lipinski definition) is 0. The van der Waals surface area contributed by atoms with E-state index in [1.807, 2.05) is 6.07 Å². The van der Waals surface area contributed by atoms with Gasteiger partial charge in [0, 0.05) is 0 Å². The number of ketones is 1. The van der Waals surface area contributed by atoms with Gasteiger partial charge in [-0.1, -0.05) is 6.07 Å². The van der Waals surface area contributed by atoms with Gasteiger partial charge in [0.05, 0.1) is 38.5 Å². The third kappa shape index (κ3) is 3.14. The highest BCUT2D eigenvalue weighted by atomic mass is 79.9. The van der Waals surface area contributed by atoms with Crippen molar-refractivity contribution >= 4 is 21.7 Å². The average molecular weight is 467 g/mol. The average Bonchev–Trinajstić information content (AvgIpc) is 3.41. The van der Waals surface area contributed by atoms with Crippen LogP contribution in [0.15, 0.2) is 22.7 Å². The fourth-order valence-electron chi connectivity index (χ4n) is 3.38. The number of halogens is 1. The maximum atomic E-state index is 13.3. The molecule has 2 aliphatic rings. The first kappa shape index (κ1) is 19.7. The van der Waals surface area contributed by atoms with E-state index in [4.69, 9.17) is 33.2 Å². The topological polar surface area (TPSA) is 85.0 Å². The quantitative estimate of drug-likeness (QED) is 0.452. The molecular formula is C20H19BrO8. The van der Waals surface area contributed by atoms with E-state index in [2.05, 4.69) is 15.9 Å². The Labute approximate surface area is 175 Å². The summed E-state index contributed by atoms with van der Waals surface area (Å²) in [6, 6.07) is 5.41. The van der Waals surface area contributed by atoms with Crippen molar-refractivity contribution in [3.8, 4) is 34.5 Å². The van der Waals surface area contributed by atoms with E-state index < -0.39 is 12.2 Å². The zero-order valence-electron chi connectivity index (χ0n) is 16.2. The van der Waals surface area contributed by atoms with Crippen LogP contribution in [0.4, 0.5) is 0 Å². The number of carbonyl (C=O) groups is 1. The van der Waals surface area contributed by atoms with Gasteiger partial charge in [0.1, 0.15) is 6.10 Å². The molecule has 0 unspecified atom stereocenters. The number of fused-ring (bicyclic) bond motifs is 1. The molecular weight excluding hydrogens is 448 g/mol. The van der Waals surface area contributed by atoms with E-state index in [0.29, 0.717) is 33.2 Å². The molecule has 8 nitrogen and oxygen atoms in total. The fraction of sp³-hybridized carbons (Fsp3) is 0.350. The minimum atomic E-state index is -0.677. The Morgan fingerprint density at radius 3 is 2.24 bits per heavy atom. The van der Waals surface area contributed by atoms with Crippen molar-refractivity contribution < 1.29 is 38.0 Å². The first-order valence-electron chi connectivity index (χ1n) is 8.70. The lowest BCUT2D eigenvalue weighted by atomic mass is 10.0. The SMILES string of the molecule is COc1ccc([C@@H]2O[C@H]2C(=O)c2c(Br)c(OC)c3c(c2OC)OCO3)cc1OC. The van der Waals surface area contributed by atoms with Crippen LogP contribution >= 0.6 is 15.9 Å². The number of rotatable bonds is 7. The van der Waals surface area contributed by atoms with Crippen molar-refractivity contribution in [2.24, 2.45) is 0 Å². The molecule has 9 heteroatoms. The normalized spacial score (nSPS) is 18.9. The number of ether oxygens (including phenoxy) is 7. The van der Waals surface area contributed by atoms with E-state index in [9.17, 15) is 4.79 Å². The molecule has 2 aliphatic heterocycles. The Morgan fingerprint density at radius 2 is 1.62 bits per heavy atom. The van der Waals surface area contributed by atoms with Crippen LogP contribution in [-0.4, -0.2) is 47.1 Å². The van der Waals surface area contributed by atoms with Gasteiger partial charge in [-0.05, 0) is 33.6 Å². The van der Waals surface area contributed by atoms with E-state index in [1.165, 1.54) is 14.2 Å². The maximum Gasteiger partial charge on any atom is 0.231 e. The molecule has 0 amide bonds. The molecule has 0 aromatic heterocycles. The summed E-state index contributed by atoms with van der Waals surface area (Å²) in [5.41, 5.74) is 1.09. The molecule has 0 aliphatic carbocycles. The van der Waals surface area contributed by atoms with E-state index in [0.717, 1.165) is 5.56 Å². The molecule has 0 radical (unpaired) electrons. The minimum absolute atomic E-state index is 0.0142. The molecule has 0 bridgehead atoms. The summed E-state index contributed by atoms with van der Waals surface area (Å²) in [5, 5.41) is 0. The summed E-state index contributed by atoms with van der Waals surface area (Å²) in [7, 11) is 6.07. The number of carbonyl (C=O) groups excluding carboxylic acids is 1. The molecule has 0 spiro atoms. The first-order valence-corrected chi connectivity index (χ1v) is 9.49. The second kappa shape index (κ2) is 7.64. The third-order valence-corrected chi connectivity index (χ3v) is 5.57. The predicted octanol–water partition coefficient (Wildman–Crippen LogP) is 3.54. The maximum absolute atomic E-state index is 13.3. The van der Waals surface area contributed by atoms with Gasteiger partial charge in [0.25, 0.3) is 0 Å². The number of hydrogen-bond acceptors (Lipinski definition) is 8. The van der Waals surface area contributed by atoms with Gasteiger partial charge in [-0.25, -0.2) is 0 Å². The first-order chi connectivity index (χ1) is 14.0. The van der Waals surface area contributed by atoms with Crippen molar-refractivity contribution in [3.05, 3.63) is 33.8 Å². The Bertz CT molecular complexity index is 974. The molecule has 0 N–H and O–H groups in total. The van der Waals surface area contributed by atoms with Crippen LogP contribution < -0.4 is 28.4 Å². The molecule has 154 valence electrons. The molecule has 2 atom stereocenters. The summed E-state index contributed by atoms with van der Waals surface area (Å²) >= 11 is 3.45. The van der Waals surface area contributed by atoms with Crippen LogP contribution in [0.5, 0.6) is 34.5 Å². The Kier molecular flexibility index (Phi) is 5.18. The van der Waals surface area contributed by atoms with Crippen LogP contribution in [0.3, 0.4) is 0 Å². The lowest BCUT2D eigenvalue weighted by Gasteiger charge is -2.15. The zero-order valence-corrected chi connectivity index (χ0v) is 17.8. The van der Waals surface area contributed by atoms with Crippen molar-refractivity contribution in [2.45, 2.75) is 12.2 Å². The van der Waals surface area contributed by atoms with Gasteiger partial charge < -0.3 is 33.2 Å². The minimum Gasteiger partial charge on any atom is -0.493 e. The predicted molar refractivity (Wildman–Crippen MR) is 105 cm³/mol. The highest BCUT2D eigenvalue weighted by Gasteiger charge is 2.49. The van der Waals surface area contributed by atoms with Crippen LogP contribution in [0.25, 0.3) is 0 Å². The van der Waals surface area contributed by atoms with E-state index in [-0.39, 0.29) is 23.9 Å². The summed E-state index contributed by atoms with van der Waals surface area (Å²) in [6.07, 6.45) is -1.08. The van der Waals surface area contributed by atoms with Gasteiger partial charge >= 0.3 is 0 Å². The smallest absolute Gasteiger partial charge is 0.231 e. The molecule has 4 rings (SSSR count). The van der Waals surface area contributed by atoms with E-state index in [1.54, 1.807) is 26.4 Å². The molecule has 2 aromatic carbocycles. The molecule has 2 heterocycles. The largest absolute Gasteiger partial charge is 0.493 e. The molecule has 29 heavy (non-hydrogen) atoms. The summed E-state index contributed by atoms with van der Waals surface area (Å²) in [6.45, 7) is 0.0142. The number of methoxy groups -OCH3 is 4. The lowest BCUT2D eigenvalue weighted by Crippen LogP contribution is -2.12. The summed E-state index contributed by atoms with van der Waals surface area (Å²) < 4.78 is 38.6. The van der Waals surface area contributed by atoms with Crippen molar-refractivity contribution in [1.29, 1.82) is 0 Å². The Hall–Kier alpha value is -2.65. The van der Waals surface area contributed by atoms with E-state index >= 15 is 0 Å². The third-order valence-electron chi connectivity index (χ3n) is 4.81. The van der Waals surface area contributed by atoms with Gasteiger partial charge in [-0.15, -0.1) is 0 Å². The van der Waals surface area contributed by atoms with Crippen LogP contribution in [0, 0.1) is 0 Å². The number of epoxide rings is 1. The van der Waals surface area contributed by atoms with Crippen LogP contribution in [0.2, 0.25) is 0 Å². The highest BCUT2D eigenvalue weighted by molar-refractivity contribution is 9.10. The zero-order chi connectivity index (χ0) is 20.7. The number of benzene rings is 2. The highest BCUT2D eigenvalue weighted by Crippen LogP contribution is 2.55. The van der Waals surface area contributed by atoms with Gasteiger partial charge in [-0.2, -0.15) is 0 Å². The standard InChI is InChI=1S/C20H19BrO8/c1-23-10-6-5-9(7-11(10)24-2)15-18(29-15)14(22)12-13(21)17(26-4)20-19(16(12)25-3)27-8-28-20/h5-7,15,18H,8H2,1-4H3/t15-,18-/m0/s1. The summed E-state index contributed by atoms with van der Waals surface area (Å²) in [4.78, 5) is 13.3. The van der Waals surface area contributed by atoms with Crippen molar-refractivity contribution in [2.75, 3.05) is 35.2 Å². The monoisotopic (exact) mass is 466 g/mol. The molecule has 1 fully saturated rings. The molecule has 1 saturated heterocycles. The summed E-state index contributed by atoms with van der Waals surface area (Å²) in [5.74, 6) is 2.27. The van der Waals surface area contributed by atoms with Gasteiger partial charge in [0.15, 0.2) is 34.9 Å². The number of Topliss-reactive ketones (excluding diaryl/α,β-unsaturated/α-hetero) is 1.